The number of hydrogen-bond acceptors (Lipinski definition) is 4. The van der Waals surface area contributed by atoms with E-state index in [0.29, 0.717) is 11.3 Å². The Morgan fingerprint density at radius 3 is 2.86 bits per heavy atom. The van der Waals surface area contributed by atoms with E-state index in [1.54, 1.807) is 17.4 Å². The Morgan fingerprint density at radius 1 is 1.29 bits per heavy atom. The summed E-state index contributed by atoms with van der Waals surface area (Å²) in [5, 5.41) is 6.11. The number of rotatable bonds is 4. The summed E-state index contributed by atoms with van der Waals surface area (Å²) in [6.45, 7) is 2.91. The molecule has 0 bridgehead atoms. The Balaban J connectivity index is 2.17. The van der Waals surface area contributed by atoms with Crippen molar-refractivity contribution in [1.82, 2.24) is 9.97 Å². The van der Waals surface area contributed by atoms with Gasteiger partial charge in [-0.2, -0.15) is 0 Å². The van der Waals surface area contributed by atoms with Gasteiger partial charge in [-0.05, 0) is 40.5 Å². The molecule has 0 aliphatic heterocycles. The van der Waals surface area contributed by atoms with Crippen molar-refractivity contribution in [2.24, 2.45) is 0 Å². The molecule has 0 aliphatic carbocycles. The summed E-state index contributed by atoms with van der Waals surface area (Å²) >= 11 is 5.01. The molecule has 0 atom stereocenters. The standard InChI is InChI=1S/C15H13BrFN3S/c1-2-5-18-15-11-4-3-10(17)7-12(11)19-14(20-15)9-6-13(16)21-8-9/h3-4,6-8H,2,5H2,1H3,(H,18,19,20). The fourth-order valence-corrected chi connectivity index (χ4v) is 3.17. The number of aromatic nitrogens is 2. The molecular weight excluding hydrogens is 353 g/mol. The van der Waals surface area contributed by atoms with Gasteiger partial charge in [0.25, 0.3) is 0 Å². The average Bonchev–Trinajstić information content (AvgIpc) is 2.90. The van der Waals surface area contributed by atoms with Gasteiger partial charge in [0.1, 0.15) is 11.6 Å². The van der Waals surface area contributed by atoms with Crippen LogP contribution < -0.4 is 5.32 Å². The minimum atomic E-state index is -0.292. The lowest BCUT2D eigenvalue weighted by atomic mass is 10.2. The van der Waals surface area contributed by atoms with Gasteiger partial charge in [-0.25, -0.2) is 14.4 Å². The van der Waals surface area contributed by atoms with Gasteiger partial charge in [0.15, 0.2) is 5.82 Å². The molecule has 3 nitrogen and oxygen atoms in total. The average molecular weight is 366 g/mol. The molecule has 108 valence electrons. The van der Waals surface area contributed by atoms with E-state index in [-0.39, 0.29) is 5.82 Å². The summed E-state index contributed by atoms with van der Waals surface area (Å²) in [6.07, 6.45) is 0.992. The fourth-order valence-electron chi connectivity index (χ4n) is 2.04. The second-order valence-corrected chi connectivity index (χ2v) is 6.91. The van der Waals surface area contributed by atoms with Gasteiger partial charge in [-0.3, -0.25) is 0 Å². The van der Waals surface area contributed by atoms with Gasteiger partial charge in [-0.15, -0.1) is 11.3 Å². The Kier molecular flexibility index (Phi) is 4.17. The molecule has 0 aliphatic rings. The van der Waals surface area contributed by atoms with Crippen LogP contribution in [0.2, 0.25) is 0 Å². The molecule has 3 rings (SSSR count). The van der Waals surface area contributed by atoms with E-state index in [1.165, 1.54) is 12.1 Å². The summed E-state index contributed by atoms with van der Waals surface area (Å²) in [6, 6.07) is 6.56. The normalized spacial score (nSPS) is 11.0. The van der Waals surface area contributed by atoms with Crippen LogP contribution in [0.15, 0.2) is 33.4 Å². The predicted octanol–water partition coefficient (Wildman–Crippen LogP) is 5.08. The number of thiophene rings is 1. The number of nitrogens with one attached hydrogen (secondary N) is 1. The van der Waals surface area contributed by atoms with E-state index in [9.17, 15) is 4.39 Å². The summed E-state index contributed by atoms with van der Waals surface area (Å²) < 4.78 is 14.5. The topological polar surface area (TPSA) is 37.8 Å². The summed E-state index contributed by atoms with van der Waals surface area (Å²) in [5.74, 6) is 1.06. The second-order valence-electron chi connectivity index (χ2n) is 4.62. The van der Waals surface area contributed by atoms with E-state index in [2.05, 4.69) is 38.1 Å². The third-order valence-electron chi connectivity index (χ3n) is 3.03. The maximum Gasteiger partial charge on any atom is 0.163 e. The van der Waals surface area contributed by atoms with Crippen molar-refractivity contribution in [3.05, 3.63) is 39.2 Å². The lowest BCUT2D eigenvalue weighted by Crippen LogP contribution is -2.04. The molecule has 0 saturated carbocycles. The number of fused-ring (bicyclic) bond motifs is 1. The minimum Gasteiger partial charge on any atom is -0.369 e. The van der Waals surface area contributed by atoms with Gasteiger partial charge in [-0.1, -0.05) is 6.92 Å². The van der Waals surface area contributed by atoms with Crippen LogP contribution in [0.4, 0.5) is 10.2 Å². The van der Waals surface area contributed by atoms with E-state index < -0.39 is 0 Å². The largest absolute Gasteiger partial charge is 0.369 e. The lowest BCUT2D eigenvalue weighted by molar-refractivity contribution is 0.629. The second kappa shape index (κ2) is 6.07. The van der Waals surface area contributed by atoms with Gasteiger partial charge < -0.3 is 5.32 Å². The first-order valence-electron chi connectivity index (χ1n) is 6.63. The molecule has 0 fully saturated rings. The molecule has 1 N–H and O–H groups in total. The number of anilines is 1. The van der Waals surface area contributed by atoms with Crippen LogP contribution in [-0.4, -0.2) is 16.5 Å². The molecule has 0 saturated heterocycles. The van der Waals surface area contributed by atoms with Crippen LogP contribution in [0.1, 0.15) is 13.3 Å². The maximum atomic E-state index is 13.5. The number of hydrogen-bond donors (Lipinski definition) is 1. The quantitative estimate of drug-likeness (QED) is 0.700. The highest BCUT2D eigenvalue weighted by molar-refractivity contribution is 9.11. The van der Waals surface area contributed by atoms with Gasteiger partial charge in [0, 0.05) is 28.9 Å². The monoisotopic (exact) mass is 365 g/mol. The zero-order valence-corrected chi connectivity index (χ0v) is 13.8. The van der Waals surface area contributed by atoms with Crippen molar-refractivity contribution in [2.45, 2.75) is 13.3 Å². The smallest absolute Gasteiger partial charge is 0.163 e. The van der Waals surface area contributed by atoms with Crippen LogP contribution in [0.3, 0.4) is 0 Å². The van der Waals surface area contributed by atoms with E-state index in [0.717, 1.165) is 33.5 Å². The van der Waals surface area contributed by atoms with Crippen LogP contribution in [-0.2, 0) is 0 Å². The SMILES string of the molecule is CCCNc1nc(-c2csc(Br)c2)nc2cc(F)ccc12. The molecule has 2 heterocycles. The number of benzene rings is 1. The lowest BCUT2D eigenvalue weighted by Gasteiger charge is -2.09. The molecule has 0 radical (unpaired) electrons. The van der Waals surface area contributed by atoms with Gasteiger partial charge in [0.05, 0.1) is 9.30 Å². The first-order chi connectivity index (χ1) is 10.2. The summed E-state index contributed by atoms with van der Waals surface area (Å²) in [7, 11) is 0. The fraction of sp³-hybridized carbons (Fsp3) is 0.200. The van der Waals surface area contributed by atoms with Gasteiger partial charge in [0.2, 0.25) is 0 Å². The van der Waals surface area contributed by atoms with E-state index >= 15 is 0 Å². The predicted molar refractivity (Wildman–Crippen MR) is 89.3 cm³/mol. The van der Waals surface area contributed by atoms with Crippen molar-refractivity contribution < 1.29 is 4.39 Å². The first-order valence-corrected chi connectivity index (χ1v) is 8.30. The molecule has 0 unspecified atom stereocenters. The molecule has 0 spiro atoms. The van der Waals surface area contributed by atoms with Crippen LogP contribution >= 0.6 is 27.3 Å². The van der Waals surface area contributed by atoms with Crippen molar-refractivity contribution in [1.29, 1.82) is 0 Å². The summed E-state index contributed by atoms with van der Waals surface area (Å²) in [5.41, 5.74) is 1.54. The minimum absolute atomic E-state index is 0.292. The zero-order valence-electron chi connectivity index (χ0n) is 11.4. The molecule has 21 heavy (non-hydrogen) atoms. The van der Waals surface area contributed by atoms with Crippen molar-refractivity contribution in [3.8, 4) is 11.4 Å². The van der Waals surface area contributed by atoms with Crippen LogP contribution in [0, 0.1) is 5.82 Å². The molecule has 1 aromatic carbocycles. The highest BCUT2D eigenvalue weighted by Crippen LogP contribution is 2.30. The Hall–Kier alpha value is -1.53. The molecule has 2 aromatic heterocycles. The van der Waals surface area contributed by atoms with Crippen molar-refractivity contribution >= 4 is 44.0 Å². The molecule has 0 amide bonds. The third kappa shape index (κ3) is 3.06. The zero-order chi connectivity index (χ0) is 14.8. The first kappa shape index (κ1) is 14.4. The Morgan fingerprint density at radius 2 is 2.14 bits per heavy atom. The van der Waals surface area contributed by atoms with E-state index in [4.69, 9.17) is 0 Å². The maximum absolute atomic E-state index is 13.5. The van der Waals surface area contributed by atoms with Crippen LogP contribution in [0.5, 0.6) is 0 Å². The van der Waals surface area contributed by atoms with Crippen LogP contribution in [0.25, 0.3) is 22.3 Å². The third-order valence-corrected chi connectivity index (χ3v) is 4.53. The molecular formula is C15H13BrFN3S. The Bertz CT molecular complexity index is 788. The van der Waals surface area contributed by atoms with Crippen molar-refractivity contribution in [2.75, 3.05) is 11.9 Å². The molecule has 6 heteroatoms. The summed E-state index contributed by atoms with van der Waals surface area (Å²) in [4.78, 5) is 9.08. The van der Waals surface area contributed by atoms with Crippen molar-refractivity contribution in [3.63, 3.8) is 0 Å². The van der Waals surface area contributed by atoms with Gasteiger partial charge >= 0.3 is 0 Å². The highest BCUT2D eigenvalue weighted by atomic mass is 79.9. The molecule has 3 aromatic rings. The highest BCUT2D eigenvalue weighted by Gasteiger charge is 2.11. The van der Waals surface area contributed by atoms with E-state index in [1.807, 2.05) is 11.4 Å². The Labute approximate surface area is 134 Å². The number of nitrogens with zero attached hydrogens (tertiary/aromatic N) is 2. The number of halogens is 2.